The van der Waals surface area contributed by atoms with E-state index in [1.54, 1.807) is 0 Å². The molecule has 2 N–H and O–H groups in total. The normalized spacial score (nSPS) is 19.8. The summed E-state index contributed by atoms with van der Waals surface area (Å²) >= 11 is 0. The summed E-state index contributed by atoms with van der Waals surface area (Å²) in [7, 11) is -7.10. The van der Waals surface area contributed by atoms with Crippen molar-refractivity contribution in [1.82, 2.24) is 9.03 Å². The molecule has 0 unspecified atom stereocenters. The number of rotatable bonds is 5. The smallest absolute Gasteiger partial charge is 0.320 e. The first-order valence-corrected chi connectivity index (χ1v) is 8.77. The van der Waals surface area contributed by atoms with Gasteiger partial charge in [-0.25, -0.2) is 25.9 Å². The highest BCUT2D eigenvalue weighted by Crippen LogP contribution is 2.13. The van der Waals surface area contributed by atoms with E-state index < -0.39 is 37.8 Å². The molecule has 18 heavy (non-hydrogen) atoms. The van der Waals surface area contributed by atoms with E-state index in [1.165, 1.54) is 4.31 Å². The Morgan fingerprint density at radius 2 is 1.78 bits per heavy atom. The minimum absolute atomic E-state index is 0.235. The molecule has 0 atom stereocenters. The maximum atomic E-state index is 11.4. The van der Waals surface area contributed by atoms with Crippen molar-refractivity contribution in [2.24, 2.45) is 0 Å². The van der Waals surface area contributed by atoms with Gasteiger partial charge < -0.3 is 5.11 Å². The minimum atomic E-state index is -3.85. The average Bonchev–Trinajstić information content (AvgIpc) is 2.13. The number of sulfonamides is 2. The molecular weight excluding hydrogens is 284 g/mol. The van der Waals surface area contributed by atoms with Crippen LogP contribution < -0.4 is 4.72 Å². The Balaban J connectivity index is 2.52. The fraction of sp³-hybridized carbons (Fsp3) is 0.875. The summed E-state index contributed by atoms with van der Waals surface area (Å²) in [5.74, 6) is -2.39. The van der Waals surface area contributed by atoms with Crippen molar-refractivity contribution in [2.45, 2.75) is 18.9 Å². The van der Waals surface area contributed by atoms with E-state index in [4.69, 9.17) is 5.11 Å². The van der Waals surface area contributed by atoms with Crippen molar-refractivity contribution in [1.29, 1.82) is 0 Å². The van der Waals surface area contributed by atoms with Crippen LogP contribution in [0.4, 0.5) is 0 Å². The van der Waals surface area contributed by atoms with Gasteiger partial charge in [-0.05, 0) is 12.8 Å². The zero-order valence-corrected chi connectivity index (χ0v) is 11.5. The van der Waals surface area contributed by atoms with Gasteiger partial charge in [0.25, 0.3) is 0 Å². The summed E-state index contributed by atoms with van der Waals surface area (Å²) < 4.78 is 48.7. The lowest BCUT2D eigenvalue weighted by Crippen LogP contribution is -2.47. The Bertz CT molecular complexity index is 504. The summed E-state index contributed by atoms with van der Waals surface area (Å²) in [6.45, 7) is 0.470. The second-order valence-electron chi connectivity index (χ2n) is 4.21. The van der Waals surface area contributed by atoms with E-state index in [9.17, 15) is 21.6 Å². The highest BCUT2D eigenvalue weighted by molar-refractivity contribution is 7.90. The van der Waals surface area contributed by atoms with Crippen LogP contribution in [0.1, 0.15) is 12.8 Å². The first kappa shape index (κ1) is 15.3. The van der Waals surface area contributed by atoms with E-state index in [2.05, 4.69) is 4.72 Å². The molecule has 0 saturated carbocycles. The van der Waals surface area contributed by atoms with Crippen molar-refractivity contribution in [3.63, 3.8) is 0 Å². The summed E-state index contributed by atoms with van der Waals surface area (Å²) in [5, 5.41) is 8.42. The molecular formula is C8H16N2O6S2. The van der Waals surface area contributed by atoms with Gasteiger partial charge >= 0.3 is 5.97 Å². The van der Waals surface area contributed by atoms with E-state index in [0.29, 0.717) is 12.8 Å². The lowest BCUT2D eigenvalue weighted by molar-refractivity contribution is -0.134. The number of aliphatic carboxylic acids is 1. The van der Waals surface area contributed by atoms with Gasteiger partial charge in [0.15, 0.2) is 5.75 Å². The Kier molecular flexibility index (Phi) is 4.70. The lowest BCUT2D eigenvalue weighted by Gasteiger charge is -2.30. The van der Waals surface area contributed by atoms with Crippen molar-refractivity contribution in [2.75, 3.05) is 25.1 Å². The van der Waals surface area contributed by atoms with Gasteiger partial charge in [0.2, 0.25) is 20.0 Å². The molecule has 1 aliphatic rings. The zero-order valence-electron chi connectivity index (χ0n) is 9.87. The van der Waals surface area contributed by atoms with Crippen LogP contribution in [0.25, 0.3) is 0 Å². The summed E-state index contributed by atoms with van der Waals surface area (Å²) in [4.78, 5) is 10.3. The van der Waals surface area contributed by atoms with E-state index >= 15 is 0 Å². The first-order valence-electron chi connectivity index (χ1n) is 5.27. The molecule has 1 fully saturated rings. The molecule has 1 rings (SSSR count). The van der Waals surface area contributed by atoms with Gasteiger partial charge in [0, 0.05) is 19.1 Å². The van der Waals surface area contributed by atoms with E-state index in [-0.39, 0.29) is 13.1 Å². The van der Waals surface area contributed by atoms with Gasteiger partial charge in [-0.15, -0.1) is 0 Å². The molecule has 1 saturated heterocycles. The third kappa shape index (κ3) is 4.88. The van der Waals surface area contributed by atoms with Crippen molar-refractivity contribution in [3.8, 4) is 0 Å². The van der Waals surface area contributed by atoms with Crippen LogP contribution >= 0.6 is 0 Å². The van der Waals surface area contributed by atoms with Crippen LogP contribution in [0.2, 0.25) is 0 Å². The first-order chi connectivity index (χ1) is 8.10. The number of nitrogens with one attached hydrogen (secondary N) is 1. The highest BCUT2D eigenvalue weighted by Gasteiger charge is 2.28. The third-order valence-corrected chi connectivity index (χ3v) is 5.21. The molecule has 106 valence electrons. The van der Waals surface area contributed by atoms with Crippen molar-refractivity contribution in [3.05, 3.63) is 0 Å². The number of carboxylic acids is 1. The number of carboxylic acid groups (broad SMARTS) is 1. The average molecular weight is 300 g/mol. The Morgan fingerprint density at radius 3 is 2.17 bits per heavy atom. The number of carbonyl (C=O) groups is 1. The van der Waals surface area contributed by atoms with E-state index in [0.717, 1.165) is 6.26 Å². The van der Waals surface area contributed by atoms with Crippen LogP contribution in [0.5, 0.6) is 0 Å². The quantitative estimate of drug-likeness (QED) is 0.632. The largest absolute Gasteiger partial charge is 0.480 e. The molecule has 0 aromatic carbocycles. The summed E-state index contributed by atoms with van der Waals surface area (Å²) in [6.07, 6.45) is 1.78. The third-order valence-electron chi connectivity index (χ3n) is 2.58. The fourth-order valence-electron chi connectivity index (χ4n) is 1.76. The molecule has 10 heteroatoms. The molecule has 0 radical (unpaired) electrons. The van der Waals surface area contributed by atoms with E-state index in [1.807, 2.05) is 0 Å². The van der Waals surface area contributed by atoms with Crippen molar-refractivity contribution >= 4 is 26.0 Å². The summed E-state index contributed by atoms with van der Waals surface area (Å²) in [5.41, 5.74) is 0. The molecule has 0 bridgehead atoms. The van der Waals surface area contributed by atoms with Crippen LogP contribution in [-0.4, -0.2) is 63.4 Å². The zero-order chi connectivity index (χ0) is 14.0. The lowest BCUT2D eigenvalue weighted by atomic mass is 10.1. The maximum Gasteiger partial charge on any atom is 0.320 e. The van der Waals surface area contributed by atoms with Crippen LogP contribution in [-0.2, 0) is 24.8 Å². The van der Waals surface area contributed by atoms with Crippen LogP contribution in [0.3, 0.4) is 0 Å². The van der Waals surface area contributed by atoms with Gasteiger partial charge in [0.05, 0.1) is 6.26 Å². The van der Waals surface area contributed by atoms with Crippen LogP contribution in [0.15, 0.2) is 0 Å². The SMILES string of the molecule is CS(=O)(=O)N1CCC(NS(=O)(=O)CC(=O)O)CC1. The molecule has 1 aliphatic heterocycles. The predicted molar refractivity (Wildman–Crippen MR) is 64.0 cm³/mol. The second-order valence-corrected chi connectivity index (χ2v) is 7.94. The molecule has 8 nitrogen and oxygen atoms in total. The Hall–Kier alpha value is -0.710. The second kappa shape index (κ2) is 5.51. The molecule has 0 aromatic heterocycles. The number of hydrogen-bond donors (Lipinski definition) is 2. The Morgan fingerprint density at radius 1 is 1.28 bits per heavy atom. The van der Waals surface area contributed by atoms with Gasteiger partial charge in [-0.3, -0.25) is 4.79 Å². The van der Waals surface area contributed by atoms with Crippen molar-refractivity contribution < 1.29 is 26.7 Å². The highest BCUT2D eigenvalue weighted by atomic mass is 32.2. The van der Waals surface area contributed by atoms with Crippen LogP contribution in [0, 0.1) is 0 Å². The predicted octanol–water partition coefficient (Wildman–Crippen LogP) is -1.59. The maximum absolute atomic E-state index is 11.4. The minimum Gasteiger partial charge on any atom is -0.480 e. The number of nitrogens with zero attached hydrogens (tertiary/aromatic N) is 1. The molecule has 1 heterocycles. The topological polar surface area (TPSA) is 121 Å². The monoisotopic (exact) mass is 300 g/mol. The molecule has 0 spiro atoms. The van der Waals surface area contributed by atoms with Gasteiger partial charge in [-0.2, -0.15) is 0 Å². The summed E-state index contributed by atoms with van der Waals surface area (Å²) in [6, 6.07) is -0.410. The number of hydrogen-bond acceptors (Lipinski definition) is 5. The molecule has 0 aliphatic carbocycles. The Labute approximate surface area is 106 Å². The molecule has 0 amide bonds. The standard InChI is InChI=1S/C8H16N2O6S2/c1-17(13,14)10-4-2-7(3-5-10)9-18(15,16)6-8(11)12/h7,9H,2-6H2,1H3,(H,11,12). The fourth-order valence-corrected chi connectivity index (χ4v) is 3.79. The van der Waals surface area contributed by atoms with Gasteiger partial charge in [0.1, 0.15) is 0 Å². The molecule has 0 aromatic rings. The number of piperidine rings is 1. The van der Waals surface area contributed by atoms with Gasteiger partial charge in [-0.1, -0.05) is 0 Å².